The van der Waals surface area contributed by atoms with Gasteiger partial charge >= 0.3 is 0 Å². The van der Waals surface area contributed by atoms with E-state index in [9.17, 15) is 18.7 Å². The van der Waals surface area contributed by atoms with Crippen LogP contribution in [0.25, 0.3) is 11.1 Å². The summed E-state index contributed by atoms with van der Waals surface area (Å²) in [5.41, 5.74) is 4.38. The second-order valence-corrected chi connectivity index (χ2v) is 10.9. The summed E-state index contributed by atoms with van der Waals surface area (Å²) in [5, 5.41) is 21.2. The average molecular weight is 563 g/mol. The van der Waals surface area contributed by atoms with Crippen LogP contribution in [0.15, 0.2) is 55.0 Å². The first-order valence-corrected chi connectivity index (χ1v) is 14.2. The Morgan fingerprint density at radius 3 is 2.49 bits per heavy atom. The van der Waals surface area contributed by atoms with Gasteiger partial charge in [-0.3, -0.25) is 20.1 Å². The van der Waals surface area contributed by atoms with Gasteiger partial charge in [0.2, 0.25) is 0 Å². The molecule has 1 amide bonds. The molecule has 41 heavy (non-hydrogen) atoms. The van der Waals surface area contributed by atoms with Crippen molar-refractivity contribution in [2.75, 3.05) is 36.4 Å². The van der Waals surface area contributed by atoms with E-state index in [2.05, 4.69) is 20.2 Å². The van der Waals surface area contributed by atoms with Crippen LogP contribution in [0.1, 0.15) is 49.3 Å². The van der Waals surface area contributed by atoms with Crippen molar-refractivity contribution in [1.29, 1.82) is 5.41 Å². The normalized spacial score (nSPS) is 17.8. The summed E-state index contributed by atoms with van der Waals surface area (Å²) in [4.78, 5) is 26.1. The van der Waals surface area contributed by atoms with E-state index in [0.29, 0.717) is 50.1 Å². The molecule has 0 radical (unpaired) electrons. The van der Waals surface area contributed by atoms with Crippen LogP contribution < -0.4 is 10.2 Å². The van der Waals surface area contributed by atoms with Crippen LogP contribution in [0.4, 0.5) is 20.3 Å². The minimum Gasteiger partial charge on any atom is -0.393 e. The molecule has 216 valence electrons. The lowest BCUT2D eigenvalue weighted by Gasteiger charge is -2.31. The second-order valence-electron chi connectivity index (χ2n) is 10.9. The van der Waals surface area contributed by atoms with Gasteiger partial charge in [-0.25, -0.2) is 13.8 Å². The van der Waals surface area contributed by atoms with Gasteiger partial charge in [-0.2, -0.15) is 0 Å². The molecule has 5 rings (SSSR count). The molecule has 3 N–H and O–H groups in total. The molecule has 0 aliphatic carbocycles. The maximum absolute atomic E-state index is 13.5. The molecule has 2 fully saturated rings. The summed E-state index contributed by atoms with van der Waals surface area (Å²) >= 11 is 0. The Kier molecular flexibility index (Phi) is 8.70. The zero-order valence-corrected chi connectivity index (χ0v) is 23.2. The van der Waals surface area contributed by atoms with Crippen LogP contribution in [0.3, 0.4) is 0 Å². The third kappa shape index (κ3) is 7.12. The first-order valence-electron chi connectivity index (χ1n) is 14.2. The quantitative estimate of drug-likeness (QED) is 0.337. The molecule has 2 aliphatic rings. The highest BCUT2D eigenvalue weighted by Crippen LogP contribution is 2.29. The predicted molar refractivity (Wildman–Crippen MR) is 156 cm³/mol. The van der Waals surface area contributed by atoms with Gasteiger partial charge in [0, 0.05) is 69.1 Å². The fourth-order valence-corrected chi connectivity index (χ4v) is 5.38. The van der Waals surface area contributed by atoms with Gasteiger partial charge in [0.15, 0.2) is 0 Å². The molecule has 0 atom stereocenters. The molecule has 4 heterocycles. The predicted octanol–water partition coefficient (Wildman–Crippen LogP) is 4.90. The molecule has 0 saturated carbocycles. The minimum absolute atomic E-state index is 0.129. The first kappa shape index (κ1) is 28.8. The number of anilines is 2. The summed E-state index contributed by atoms with van der Waals surface area (Å²) in [6.45, 7) is 4.68. The van der Waals surface area contributed by atoms with Crippen LogP contribution >= 0.6 is 0 Å². The van der Waals surface area contributed by atoms with Crippen molar-refractivity contribution in [3.05, 3.63) is 71.7 Å². The van der Waals surface area contributed by atoms with E-state index < -0.39 is 11.8 Å². The van der Waals surface area contributed by atoms with E-state index in [1.54, 1.807) is 24.7 Å². The van der Waals surface area contributed by atoms with E-state index in [-0.39, 0.29) is 24.7 Å². The molecule has 0 unspecified atom stereocenters. The smallest absolute Gasteiger partial charge is 0.274 e. The molecule has 0 spiro atoms. The highest BCUT2D eigenvalue weighted by atomic mass is 19.3. The van der Waals surface area contributed by atoms with Gasteiger partial charge in [-0.15, -0.1) is 0 Å². The number of alkyl halides is 2. The number of aliphatic hydroxyl groups is 1. The van der Waals surface area contributed by atoms with Crippen LogP contribution in [0.5, 0.6) is 0 Å². The van der Waals surface area contributed by atoms with E-state index in [1.165, 1.54) is 0 Å². The number of aryl methyl sites for hydroxylation is 1. The Bertz CT molecular complexity index is 1380. The standard InChI is InChI=1S/C31H36F2N6O2/c1-2-22-3-4-23(24-15-21(17-35-18-24)20-38-13-9-31(32,33)10-14-38)16-27(22)29(34)30(41)37-25-5-6-28(36-19-25)39-11-7-26(40)8-12-39/h3-6,15-19,26,34,40H,2,7-14,20H2,1H3,(H,37,41). The summed E-state index contributed by atoms with van der Waals surface area (Å²) in [5.74, 6) is -2.32. The third-order valence-electron chi connectivity index (χ3n) is 7.90. The van der Waals surface area contributed by atoms with Crippen LogP contribution in [-0.4, -0.2) is 69.8 Å². The molecule has 10 heteroatoms. The summed E-state index contributed by atoms with van der Waals surface area (Å²) in [7, 11) is 0. The molecule has 2 aromatic heterocycles. The molecule has 2 aliphatic heterocycles. The van der Waals surface area contributed by atoms with Crippen molar-refractivity contribution in [3.63, 3.8) is 0 Å². The molecular weight excluding hydrogens is 526 g/mol. The number of nitrogens with zero attached hydrogens (tertiary/aromatic N) is 4. The molecule has 1 aromatic carbocycles. The highest BCUT2D eigenvalue weighted by molar-refractivity contribution is 6.48. The van der Waals surface area contributed by atoms with Crippen molar-refractivity contribution in [3.8, 4) is 11.1 Å². The number of hydrogen-bond donors (Lipinski definition) is 3. The molecule has 2 saturated heterocycles. The lowest BCUT2D eigenvalue weighted by molar-refractivity contribution is -0.110. The number of benzene rings is 1. The lowest BCUT2D eigenvalue weighted by Crippen LogP contribution is -2.38. The highest BCUT2D eigenvalue weighted by Gasteiger charge is 2.33. The van der Waals surface area contributed by atoms with Crippen molar-refractivity contribution in [1.82, 2.24) is 14.9 Å². The minimum atomic E-state index is -2.58. The Morgan fingerprint density at radius 2 is 1.80 bits per heavy atom. The zero-order valence-electron chi connectivity index (χ0n) is 23.2. The van der Waals surface area contributed by atoms with Crippen molar-refractivity contribution in [2.24, 2.45) is 0 Å². The fourth-order valence-electron chi connectivity index (χ4n) is 5.38. The number of nitrogens with one attached hydrogen (secondary N) is 2. The van der Waals surface area contributed by atoms with Crippen LogP contribution in [0, 0.1) is 5.41 Å². The number of likely N-dealkylation sites (tertiary alicyclic amines) is 1. The monoisotopic (exact) mass is 562 g/mol. The van der Waals surface area contributed by atoms with E-state index >= 15 is 0 Å². The number of aliphatic hydroxyl groups excluding tert-OH is 1. The molecule has 8 nitrogen and oxygen atoms in total. The zero-order chi connectivity index (χ0) is 29.0. The summed E-state index contributed by atoms with van der Waals surface area (Å²) in [6, 6.07) is 11.3. The Hall–Kier alpha value is -3.76. The van der Waals surface area contributed by atoms with E-state index in [0.717, 1.165) is 41.2 Å². The maximum atomic E-state index is 13.5. The van der Waals surface area contributed by atoms with Crippen LogP contribution in [-0.2, 0) is 17.8 Å². The van der Waals surface area contributed by atoms with Crippen LogP contribution in [0.2, 0.25) is 0 Å². The number of aromatic nitrogens is 2. The van der Waals surface area contributed by atoms with Gasteiger partial charge in [-0.05, 0) is 60.2 Å². The molecule has 3 aromatic rings. The first-order chi connectivity index (χ1) is 19.7. The summed E-state index contributed by atoms with van der Waals surface area (Å²) < 4.78 is 27.1. The van der Waals surface area contributed by atoms with Gasteiger partial charge in [-0.1, -0.05) is 19.1 Å². The van der Waals surface area contributed by atoms with E-state index in [1.807, 2.05) is 42.2 Å². The van der Waals surface area contributed by atoms with Crippen molar-refractivity contribution >= 4 is 23.1 Å². The second kappa shape index (κ2) is 12.4. The molecule has 0 bridgehead atoms. The number of halogens is 2. The van der Waals surface area contributed by atoms with E-state index in [4.69, 9.17) is 5.41 Å². The number of amides is 1. The number of carbonyl (C=O) groups is 1. The number of piperidine rings is 2. The number of carbonyl (C=O) groups excluding carboxylic acids is 1. The molecular formula is C31H36F2N6O2. The van der Waals surface area contributed by atoms with Gasteiger partial charge in [0.05, 0.1) is 18.0 Å². The maximum Gasteiger partial charge on any atom is 0.274 e. The lowest BCUT2D eigenvalue weighted by atomic mass is 9.95. The average Bonchev–Trinajstić information content (AvgIpc) is 2.98. The number of hydrogen-bond acceptors (Lipinski definition) is 7. The van der Waals surface area contributed by atoms with Gasteiger partial charge in [0.25, 0.3) is 11.8 Å². The fraction of sp³-hybridized carbons (Fsp3) is 0.419. The summed E-state index contributed by atoms with van der Waals surface area (Å²) in [6.07, 6.45) is 6.62. The van der Waals surface area contributed by atoms with Gasteiger partial charge in [0.1, 0.15) is 11.5 Å². The van der Waals surface area contributed by atoms with Gasteiger partial charge < -0.3 is 15.3 Å². The topological polar surface area (TPSA) is 105 Å². The number of rotatable bonds is 8. The van der Waals surface area contributed by atoms with Crippen molar-refractivity contribution in [2.45, 2.75) is 57.6 Å². The van der Waals surface area contributed by atoms with Crippen molar-refractivity contribution < 1.29 is 18.7 Å². The Labute approximate surface area is 238 Å². The number of pyridine rings is 2. The Balaban J connectivity index is 1.27. The Morgan fingerprint density at radius 1 is 1.05 bits per heavy atom. The third-order valence-corrected chi connectivity index (χ3v) is 7.90. The SMILES string of the molecule is CCc1ccc(-c2cncc(CN3CCC(F)(F)CC3)c2)cc1C(=N)C(=O)Nc1ccc(N2CCC(O)CC2)nc1. The largest absolute Gasteiger partial charge is 0.393 e.